The van der Waals surface area contributed by atoms with E-state index in [9.17, 15) is 0 Å². The lowest BCUT2D eigenvalue weighted by Gasteiger charge is -2.21. The van der Waals surface area contributed by atoms with Crippen LogP contribution in [0.25, 0.3) is 20.2 Å². The highest BCUT2D eigenvalue weighted by Gasteiger charge is 2.26. The summed E-state index contributed by atoms with van der Waals surface area (Å²) in [5.41, 5.74) is 2.73. The van der Waals surface area contributed by atoms with Gasteiger partial charge in [0.1, 0.15) is 0 Å². The fraction of sp³-hybridized carbons (Fsp3) is 0.417. The average Bonchev–Trinajstić information content (AvgIpc) is 3.21. The van der Waals surface area contributed by atoms with Crippen LogP contribution in [0.5, 0.6) is 11.5 Å². The first-order chi connectivity index (χ1) is 16.3. The molecule has 0 N–H and O–H groups in total. The minimum absolute atomic E-state index is 0.0950. The molecule has 0 amide bonds. The van der Waals surface area contributed by atoms with Crippen molar-refractivity contribution in [2.24, 2.45) is 0 Å². The maximum Gasteiger partial charge on any atom is 0.191 e. The standard InChI is InChI=1S/C24H24Br2O6S/c25-18-8-7-17-19-15-5-1-2-6-16(15)20(26)22-24(19)33-23(17)21(18)31-13-29-11-27-9-3-4-10-28-12-30-14-32-22/h3-4,7-8H,1-2,5-6,9-14H2/b4-3-. The molecule has 2 bridgehead atoms. The molecule has 2 aliphatic rings. The molecule has 6 nitrogen and oxygen atoms in total. The molecule has 1 aromatic heterocycles. The van der Waals surface area contributed by atoms with E-state index in [1.165, 1.54) is 34.7 Å². The summed E-state index contributed by atoms with van der Waals surface area (Å²) in [6, 6.07) is 4.19. The number of thiophene rings is 1. The Balaban J connectivity index is 1.61. The van der Waals surface area contributed by atoms with E-state index < -0.39 is 0 Å². The number of hydrogen-bond acceptors (Lipinski definition) is 7. The second-order valence-corrected chi connectivity index (χ2v) is 10.4. The molecule has 0 saturated carbocycles. The van der Waals surface area contributed by atoms with Gasteiger partial charge < -0.3 is 28.4 Å². The lowest BCUT2D eigenvalue weighted by Crippen LogP contribution is -2.10. The largest absolute Gasteiger partial charge is 0.465 e. The van der Waals surface area contributed by atoms with Gasteiger partial charge in [-0.15, -0.1) is 11.3 Å². The maximum absolute atomic E-state index is 6.18. The van der Waals surface area contributed by atoms with Crippen molar-refractivity contribution in [2.45, 2.75) is 25.7 Å². The fourth-order valence-corrected chi connectivity index (χ4v) is 7.04. The SMILES string of the molecule is Brc1ccc2c3sc4c(c(Br)c5c(c42)CCCC5)OCOCOC/C=C\COCOCOc13. The topological polar surface area (TPSA) is 55.4 Å². The van der Waals surface area contributed by atoms with Crippen molar-refractivity contribution in [3.63, 3.8) is 0 Å². The van der Waals surface area contributed by atoms with E-state index >= 15 is 0 Å². The Kier molecular flexibility index (Phi) is 7.87. The van der Waals surface area contributed by atoms with E-state index in [-0.39, 0.29) is 27.2 Å². The molecule has 1 aliphatic heterocycles. The molecule has 0 fully saturated rings. The summed E-state index contributed by atoms with van der Waals surface area (Å²) in [5, 5.41) is 2.42. The predicted molar refractivity (Wildman–Crippen MR) is 135 cm³/mol. The number of benzene rings is 2. The van der Waals surface area contributed by atoms with Crippen molar-refractivity contribution in [3.8, 4) is 11.5 Å². The van der Waals surface area contributed by atoms with Gasteiger partial charge in [-0.1, -0.05) is 18.2 Å². The summed E-state index contributed by atoms with van der Waals surface area (Å²) >= 11 is 9.18. The monoisotopic (exact) mass is 598 g/mol. The molecule has 0 radical (unpaired) electrons. The summed E-state index contributed by atoms with van der Waals surface area (Å²) in [7, 11) is 0. The number of fused-ring (bicyclic) bond motifs is 3. The van der Waals surface area contributed by atoms with Gasteiger partial charge in [0.15, 0.2) is 38.7 Å². The van der Waals surface area contributed by atoms with Gasteiger partial charge in [0, 0.05) is 10.8 Å². The molecule has 1 aliphatic carbocycles. The quantitative estimate of drug-likeness (QED) is 0.269. The van der Waals surface area contributed by atoms with Gasteiger partial charge in [-0.2, -0.15) is 0 Å². The second-order valence-electron chi connectivity index (χ2n) is 7.75. The summed E-state index contributed by atoms with van der Waals surface area (Å²) in [4.78, 5) is 0. The zero-order chi connectivity index (χ0) is 22.6. The summed E-state index contributed by atoms with van der Waals surface area (Å²) < 4.78 is 38.3. The highest BCUT2D eigenvalue weighted by atomic mass is 79.9. The van der Waals surface area contributed by atoms with Crippen LogP contribution in [-0.2, 0) is 31.8 Å². The van der Waals surface area contributed by atoms with Crippen molar-refractivity contribution in [3.05, 3.63) is 44.4 Å². The molecule has 176 valence electrons. The van der Waals surface area contributed by atoms with Gasteiger partial charge in [-0.3, -0.25) is 0 Å². The first-order valence-corrected chi connectivity index (χ1v) is 13.3. The number of rotatable bonds is 0. The van der Waals surface area contributed by atoms with Crippen molar-refractivity contribution < 1.29 is 28.4 Å². The minimum Gasteiger partial charge on any atom is -0.465 e. The third-order valence-corrected chi connectivity index (χ3v) is 8.37. The molecular formula is C24H24Br2O6S. The van der Waals surface area contributed by atoms with Gasteiger partial charge in [0.2, 0.25) is 0 Å². The van der Waals surface area contributed by atoms with Crippen molar-refractivity contribution in [2.75, 3.05) is 40.4 Å². The lowest BCUT2D eigenvalue weighted by atomic mass is 9.88. The Hall–Kier alpha value is -1.20. The Morgan fingerprint density at radius 2 is 1.36 bits per heavy atom. The molecule has 0 atom stereocenters. The van der Waals surface area contributed by atoms with Crippen LogP contribution in [0, 0.1) is 0 Å². The van der Waals surface area contributed by atoms with Gasteiger partial charge in [0.05, 0.1) is 31.6 Å². The zero-order valence-corrected chi connectivity index (χ0v) is 22.0. The number of halogens is 2. The van der Waals surface area contributed by atoms with E-state index in [2.05, 4.69) is 37.9 Å². The van der Waals surface area contributed by atoms with Crippen LogP contribution in [0.15, 0.2) is 33.2 Å². The minimum atomic E-state index is 0.0950. The molecule has 33 heavy (non-hydrogen) atoms. The van der Waals surface area contributed by atoms with Gasteiger partial charge >= 0.3 is 0 Å². The van der Waals surface area contributed by atoms with E-state index in [0.29, 0.717) is 13.2 Å². The first kappa shape index (κ1) is 23.5. The lowest BCUT2D eigenvalue weighted by molar-refractivity contribution is -0.0944. The van der Waals surface area contributed by atoms with Crippen molar-refractivity contribution >= 4 is 63.4 Å². The smallest absolute Gasteiger partial charge is 0.191 e. The van der Waals surface area contributed by atoms with Crippen LogP contribution in [-0.4, -0.2) is 40.4 Å². The summed E-state index contributed by atoms with van der Waals surface area (Å²) in [5.74, 6) is 1.58. The molecule has 9 heteroatoms. The van der Waals surface area contributed by atoms with Crippen molar-refractivity contribution in [1.82, 2.24) is 0 Å². The summed E-state index contributed by atoms with van der Waals surface area (Å²) in [6.45, 7) is 1.37. The van der Waals surface area contributed by atoms with Crippen LogP contribution in [0.3, 0.4) is 0 Å². The van der Waals surface area contributed by atoms with E-state index in [1.54, 1.807) is 11.3 Å². The maximum atomic E-state index is 6.18. The third kappa shape index (κ3) is 4.96. The normalized spacial score (nSPS) is 19.5. The van der Waals surface area contributed by atoms with E-state index in [4.69, 9.17) is 28.4 Å². The van der Waals surface area contributed by atoms with E-state index in [0.717, 1.165) is 42.7 Å². The highest BCUT2D eigenvalue weighted by Crippen LogP contribution is 2.52. The molecule has 5 rings (SSSR count). The summed E-state index contributed by atoms with van der Waals surface area (Å²) in [6.07, 6.45) is 8.21. The molecule has 2 heterocycles. The van der Waals surface area contributed by atoms with Gasteiger partial charge in [-0.05, 0) is 74.7 Å². The Labute approximate surface area is 213 Å². The number of hydrogen-bond donors (Lipinski definition) is 0. The average molecular weight is 600 g/mol. The van der Waals surface area contributed by atoms with Crippen LogP contribution >= 0.6 is 43.2 Å². The molecule has 0 saturated heterocycles. The molecule has 2 aromatic carbocycles. The van der Waals surface area contributed by atoms with Crippen LogP contribution in [0.2, 0.25) is 0 Å². The van der Waals surface area contributed by atoms with Crippen LogP contribution in [0.1, 0.15) is 24.0 Å². The van der Waals surface area contributed by atoms with Gasteiger partial charge in [-0.25, -0.2) is 0 Å². The fourth-order valence-electron chi connectivity index (χ4n) is 4.25. The number of ether oxygens (including phenoxy) is 6. The highest BCUT2D eigenvalue weighted by molar-refractivity contribution is 9.11. The van der Waals surface area contributed by atoms with Gasteiger partial charge in [0.25, 0.3) is 0 Å². The Morgan fingerprint density at radius 3 is 2.09 bits per heavy atom. The molecule has 3 aromatic rings. The number of aryl methyl sites for hydroxylation is 1. The first-order valence-electron chi connectivity index (χ1n) is 10.8. The Morgan fingerprint density at radius 1 is 0.697 bits per heavy atom. The zero-order valence-electron chi connectivity index (χ0n) is 18.0. The molecular weight excluding hydrogens is 576 g/mol. The van der Waals surface area contributed by atoms with Crippen LogP contribution in [0.4, 0.5) is 0 Å². The van der Waals surface area contributed by atoms with E-state index in [1.807, 2.05) is 18.2 Å². The third-order valence-electron chi connectivity index (χ3n) is 5.71. The predicted octanol–water partition coefficient (Wildman–Crippen LogP) is 6.68. The Bertz CT molecular complexity index is 1180. The van der Waals surface area contributed by atoms with Crippen LogP contribution < -0.4 is 9.47 Å². The van der Waals surface area contributed by atoms with Crippen molar-refractivity contribution in [1.29, 1.82) is 0 Å². The molecule has 0 spiro atoms. The second kappa shape index (κ2) is 11.0. The molecule has 0 unspecified atom stereocenters.